The van der Waals surface area contributed by atoms with Crippen LogP contribution in [0.25, 0.3) is 0 Å². The van der Waals surface area contributed by atoms with Crippen LogP contribution in [0, 0.1) is 0 Å². The van der Waals surface area contributed by atoms with Crippen molar-refractivity contribution in [3.8, 4) is 0 Å². The molecule has 0 fully saturated rings. The molecule has 0 aliphatic carbocycles. The van der Waals surface area contributed by atoms with E-state index in [9.17, 15) is 9.59 Å². The van der Waals surface area contributed by atoms with E-state index in [0.29, 0.717) is 6.54 Å². The van der Waals surface area contributed by atoms with E-state index < -0.39 is 11.4 Å². The quantitative estimate of drug-likeness (QED) is 0.457. The normalized spacial score (nSPS) is 11.1. The van der Waals surface area contributed by atoms with Crippen molar-refractivity contribution in [1.29, 1.82) is 0 Å². The monoisotopic (exact) mass is 217 g/mol. The Balaban J connectivity index is 3.60. The molecule has 0 heterocycles. The number of amides is 2. The van der Waals surface area contributed by atoms with Gasteiger partial charge >= 0.3 is 0 Å². The van der Waals surface area contributed by atoms with Crippen molar-refractivity contribution in [3.63, 3.8) is 0 Å². The molecule has 0 aromatic carbocycles. The number of nitrogens with two attached hydrogens (primary N) is 1. The predicted molar refractivity (Wildman–Crippen MR) is 56.2 cm³/mol. The number of carbonyl (C=O) groups excluding carboxylic acids is 2. The fourth-order valence-corrected chi connectivity index (χ4v) is 0.744. The molecule has 88 valence electrons. The minimum atomic E-state index is -0.607. The standard InChI is InChI=1S/C9H19N3O3/c1-9(2,11-3)8(14)12-4-5-15-6-7(10)13/h11H,4-6H2,1-3H3,(H2,10,13)(H,12,14). The maximum Gasteiger partial charge on any atom is 0.243 e. The summed E-state index contributed by atoms with van der Waals surface area (Å²) >= 11 is 0. The maximum absolute atomic E-state index is 11.5. The van der Waals surface area contributed by atoms with Crippen LogP contribution in [0.2, 0.25) is 0 Å². The Morgan fingerprint density at radius 2 is 2.00 bits per heavy atom. The van der Waals surface area contributed by atoms with Crippen LogP contribution in [-0.4, -0.2) is 44.2 Å². The van der Waals surface area contributed by atoms with Crippen LogP contribution in [0.15, 0.2) is 0 Å². The minimum absolute atomic E-state index is 0.118. The van der Waals surface area contributed by atoms with Gasteiger partial charge in [-0.1, -0.05) is 0 Å². The number of primary amides is 1. The van der Waals surface area contributed by atoms with Crippen LogP contribution < -0.4 is 16.4 Å². The van der Waals surface area contributed by atoms with E-state index in [2.05, 4.69) is 10.6 Å². The Hall–Kier alpha value is -1.14. The molecule has 0 aliphatic heterocycles. The number of nitrogens with one attached hydrogen (secondary N) is 2. The lowest BCUT2D eigenvalue weighted by Gasteiger charge is -2.22. The van der Waals surface area contributed by atoms with Crippen LogP contribution in [-0.2, 0) is 14.3 Å². The van der Waals surface area contributed by atoms with Crippen molar-refractivity contribution in [1.82, 2.24) is 10.6 Å². The summed E-state index contributed by atoms with van der Waals surface area (Å²) in [6, 6.07) is 0. The molecular formula is C9H19N3O3. The number of ether oxygens (including phenoxy) is 1. The Morgan fingerprint density at radius 3 is 2.47 bits per heavy atom. The average molecular weight is 217 g/mol. The molecule has 0 rings (SSSR count). The van der Waals surface area contributed by atoms with Gasteiger partial charge in [0.2, 0.25) is 11.8 Å². The molecule has 6 nitrogen and oxygen atoms in total. The van der Waals surface area contributed by atoms with Crippen molar-refractivity contribution < 1.29 is 14.3 Å². The zero-order valence-electron chi connectivity index (χ0n) is 9.42. The third-order valence-electron chi connectivity index (χ3n) is 1.97. The van der Waals surface area contributed by atoms with E-state index in [1.54, 1.807) is 20.9 Å². The summed E-state index contributed by atoms with van der Waals surface area (Å²) in [6.07, 6.45) is 0. The highest BCUT2D eigenvalue weighted by atomic mass is 16.5. The number of hydrogen-bond donors (Lipinski definition) is 3. The van der Waals surface area contributed by atoms with E-state index in [0.717, 1.165) is 0 Å². The van der Waals surface area contributed by atoms with Gasteiger partial charge in [-0.15, -0.1) is 0 Å². The van der Waals surface area contributed by atoms with E-state index in [1.165, 1.54) is 0 Å². The average Bonchev–Trinajstić information content (AvgIpc) is 2.16. The number of likely N-dealkylation sites (N-methyl/N-ethyl adjacent to an activating group) is 1. The minimum Gasteiger partial charge on any atom is -0.370 e. The molecule has 0 saturated heterocycles. The second-order valence-corrected chi connectivity index (χ2v) is 3.65. The smallest absolute Gasteiger partial charge is 0.243 e. The molecular weight excluding hydrogens is 198 g/mol. The summed E-state index contributed by atoms with van der Waals surface area (Å²) in [5.41, 5.74) is 4.26. The van der Waals surface area contributed by atoms with E-state index in [1.807, 2.05) is 0 Å². The van der Waals surface area contributed by atoms with Crippen molar-refractivity contribution in [2.45, 2.75) is 19.4 Å². The van der Waals surface area contributed by atoms with Gasteiger partial charge in [-0.05, 0) is 20.9 Å². The van der Waals surface area contributed by atoms with Gasteiger partial charge in [0.25, 0.3) is 0 Å². The van der Waals surface area contributed by atoms with Gasteiger partial charge in [0.1, 0.15) is 6.61 Å². The van der Waals surface area contributed by atoms with Crippen LogP contribution in [0.3, 0.4) is 0 Å². The van der Waals surface area contributed by atoms with Gasteiger partial charge < -0.3 is 21.1 Å². The van der Waals surface area contributed by atoms with Gasteiger partial charge in [0.05, 0.1) is 12.1 Å². The van der Waals surface area contributed by atoms with Crippen LogP contribution in [0.5, 0.6) is 0 Å². The second-order valence-electron chi connectivity index (χ2n) is 3.65. The molecule has 4 N–H and O–H groups in total. The molecule has 0 atom stereocenters. The maximum atomic E-state index is 11.5. The van der Waals surface area contributed by atoms with E-state index >= 15 is 0 Å². The van der Waals surface area contributed by atoms with Gasteiger partial charge in [-0.2, -0.15) is 0 Å². The molecule has 0 aromatic heterocycles. The Morgan fingerprint density at radius 1 is 1.40 bits per heavy atom. The fraction of sp³-hybridized carbons (Fsp3) is 0.778. The summed E-state index contributed by atoms with van der Waals surface area (Å²) in [4.78, 5) is 21.8. The second kappa shape index (κ2) is 6.36. The summed E-state index contributed by atoms with van der Waals surface area (Å²) in [5.74, 6) is -0.635. The molecule has 0 aliphatic rings. The first-order valence-corrected chi connectivity index (χ1v) is 4.73. The number of rotatable bonds is 7. The first-order valence-electron chi connectivity index (χ1n) is 4.73. The van der Waals surface area contributed by atoms with Crippen molar-refractivity contribution >= 4 is 11.8 Å². The van der Waals surface area contributed by atoms with Crippen molar-refractivity contribution in [2.24, 2.45) is 5.73 Å². The van der Waals surface area contributed by atoms with E-state index in [-0.39, 0.29) is 19.1 Å². The molecule has 0 radical (unpaired) electrons. The third-order valence-corrected chi connectivity index (χ3v) is 1.97. The third kappa shape index (κ3) is 6.03. The summed E-state index contributed by atoms with van der Waals surface area (Å²) in [7, 11) is 1.71. The Bertz CT molecular complexity index is 229. The van der Waals surface area contributed by atoms with Crippen LogP contribution in [0.4, 0.5) is 0 Å². The lowest BCUT2D eigenvalue weighted by Crippen LogP contribution is -2.51. The van der Waals surface area contributed by atoms with Crippen molar-refractivity contribution in [3.05, 3.63) is 0 Å². The zero-order chi connectivity index (χ0) is 11.9. The molecule has 0 saturated carbocycles. The van der Waals surface area contributed by atoms with Crippen molar-refractivity contribution in [2.75, 3.05) is 26.8 Å². The highest BCUT2D eigenvalue weighted by molar-refractivity contribution is 5.85. The molecule has 15 heavy (non-hydrogen) atoms. The van der Waals surface area contributed by atoms with Crippen LogP contribution >= 0.6 is 0 Å². The predicted octanol–water partition coefficient (Wildman–Crippen LogP) is -1.40. The Labute approximate surface area is 89.5 Å². The lowest BCUT2D eigenvalue weighted by atomic mass is 10.1. The first-order chi connectivity index (χ1) is 6.90. The molecule has 0 bridgehead atoms. The highest BCUT2D eigenvalue weighted by Gasteiger charge is 2.24. The fourth-order valence-electron chi connectivity index (χ4n) is 0.744. The molecule has 0 unspecified atom stereocenters. The van der Waals surface area contributed by atoms with Gasteiger partial charge in [0, 0.05) is 6.54 Å². The molecule has 6 heteroatoms. The zero-order valence-corrected chi connectivity index (χ0v) is 9.42. The SMILES string of the molecule is CNC(C)(C)C(=O)NCCOCC(N)=O. The topological polar surface area (TPSA) is 93.4 Å². The van der Waals surface area contributed by atoms with Gasteiger partial charge in [-0.3, -0.25) is 9.59 Å². The van der Waals surface area contributed by atoms with E-state index in [4.69, 9.17) is 10.5 Å². The summed E-state index contributed by atoms with van der Waals surface area (Å²) in [5, 5.41) is 5.54. The summed E-state index contributed by atoms with van der Waals surface area (Å²) < 4.78 is 4.88. The first kappa shape index (κ1) is 13.9. The number of hydrogen-bond acceptors (Lipinski definition) is 4. The Kier molecular flexibility index (Phi) is 5.88. The molecule has 0 aromatic rings. The highest BCUT2D eigenvalue weighted by Crippen LogP contribution is 1.99. The van der Waals surface area contributed by atoms with Gasteiger partial charge in [-0.25, -0.2) is 0 Å². The largest absolute Gasteiger partial charge is 0.370 e. The molecule has 2 amide bonds. The summed E-state index contributed by atoms with van der Waals surface area (Å²) in [6.45, 7) is 4.05. The van der Waals surface area contributed by atoms with Crippen LogP contribution in [0.1, 0.15) is 13.8 Å². The van der Waals surface area contributed by atoms with Gasteiger partial charge in [0.15, 0.2) is 0 Å². The number of carbonyl (C=O) groups is 2. The lowest BCUT2D eigenvalue weighted by molar-refractivity contribution is -0.126. The molecule has 0 spiro atoms.